The Morgan fingerprint density at radius 2 is 2.29 bits per heavy atom. The topological polar surface area (TPSA) is 123 Å². The number of aliphatic carboxylic acids is 1. The normalized spacial score (nSPS) is 18.3. The van der Waals surface area contributed by atoms with Crippen LogP contribution in [-0.2, 0) is 9.53 Å². The zero-order chi connectivity index (χ0) is 15.6. The molecule has 1 fully saturated rings. The van der Waals surface area contributed by atoms with E-state index in [1.54, 1.807) is 0 Å². The highest BCUT2D eigenvalue weighted by atomic mass is 35.5. The van der Waals surface area contributed by atoms with E-state index in [4.69, 9.17) is 21.4 Å². The molecule has 1 N–H and O–H groups in total. The maximum absolute atomic E-state index is 12.4. The summed E-state index contributed by atoms with van der Waals surface area (Å²) >= 11 is 5.66. The van der Waals surface area contributed by atoms with Crippen molar-refractivity contribution in [2.45, 2.75) is 6.04 Å². The van der Waals surface area contributed by atoms with E-state index in [1.807, 2.05) is 0 Å². The zero-order valence-corrected chi connectivity index (χ0v) is 11.3. The monoisotopic (exact) mass is 315 g/mol. The lowest BCUT2D eigenvalue weighted by Crippen LogP contribution is -2.52. The molecule has 1 atom stereocenters. The molecular weight excluding hydrogens is 306 g/mol. The third kappa shape index (κ3) is 3.09. The van der Waals surface area contributed by atoms with Gasteiger partial charge in [0.05, 0.1) is 18.1 Å². The summed E-state index contributed by atoms with van der Waals surface area (Å²) in [5.74, 6) is -2.03. The van der Waals surface area contributed by atoms with Crippen molar-refractivity contribution in [2.24, 2.45) is 0 Å². The van der Waals surface area contributed by atoms with Crippen LogP contribution in [0.25, 0.3) is 0 Å². The minimum atomic E-state index is -1.24. The number of amides is 1. The average Bonchev–Trinajstić information content (AvgIpc) is 2.46. The summed E-state index contributed by atoms with van der Waals surface area (Å²) in [5, 5.41) is 19.9. The SMILES string of the molecule is O=C(O)C1COCCN1C(=O)c1cc(Cl)ncc1[N+](=O)[O-]. The van der Waals surface area contributed by atoms with Crippen molar-refractivity contribution in [3.63, 3.8) is 0 Å². The summed E-state index contributed by atoms with van der Waals surface area (Å²) in [5.41, 5.74) is -0.826. The lowest BCUT2D eigenvalue weighted by atomic mass is 10.1. The second-order valence-corrected chi connectivity index (χ2v) is 4.60. The molecule has 1 aliphatic rings. The third-order valence-corrected chi connectivity index (χ3v) is 3.16. The van der Waals surface area contributed by atoms with Gasteiger partial charge in [-0.3, -0.25) is 14.9 Å². The molecule has 0 radical (unpaired) electrons. The Kier molecular flexibility index (Phi) is 4.34. The van der Waals surface area contributed by atoms with E-state index in [2.05, 4.69) is 4.98 Å². The van der Waals surface area contributed by atoms with Crippen molar-refractivity contribution in [2.75, 3.05) is 19.8 Å². The standard InChI is InChI=1S/C11H10ClN3O6/c12-9-3-6(7(4-13-9)15(19)20)10(16)14-1-2-21-5-8(14)11(17)18/h3-4,8H,1-2,5H2,(H,17,18). The van der Waals surface area contributed by atoms with Gasteiger partial charge in [0.15, 0.2) is 6.04 Å². The van der Waals surface area contributed by atoms with Crippen LogP contribution in [0.4, 0.5) is 5.69 Å². The number of carbonyl (C=O) groups is 2. The van der Waals surface area contributed by atoms with Gasteiger partial charge >= 0.3 is 5.97 Å². The Hall–Kier alpha value is -2.26. The van der Waals surface area contributed by atoms with Crippen LogP contribution in [0.5, 0.6) is 0 Å². The first-order valence-corrected chi connectivity index (χ1v) is 6.21. The zero-order valence-electron chi connectivity index (χ0n) is 10.6. The second kappa shape index (κ2) is 6.02. The Balaban J connectivity index is 2.40. The van der Waals surface area contributed by atoms with E-state index in [-0.39, 0.29) is 30.5 Å². The molecule has 1 aliphatic heterocycles. The maximum Gasteiger partial charge on any atom is 0.328 e. The number of carboxylic acid groups (broad SMARTS) is 1. The highest BCUT2D eigenvalue weighted by Gasteiger charge is 2.36. The quantitative estimate of drug-likeness (QED) is 0.491. The summed E-state index contributed by atoms with van der Waals surface area (Å²) < 4.78 is 5.01. The molecule has 0 saturated carbocycles. The second-order valence-electron chi connectivity index (χ2n) is 4.21. The van der Waals surface area contributed by atoms with Crippen LogP contribution in [0.2, 0.25) is 5.15 Å². The van der Waals surface area contributed by atoms with Gasteiger partial charge in [0, 0.05) is 6.54 Å². The Labute approximate surface area is 123 Å². The van der Waals surface area contributed by atoms with Gasteiger partial charge in [-0.15, -0.1) is 0 Å². The van der Waals surface area contributed by atoms with Crippen LogP contribution in [0.1, 0.15) is 10.4 Å². The average molecular weight is 316 g/mol. The molecule has 10 heteroatoms. The summed E-state index contributed by atoms with van der Waals surface area (Å²) in [4.78, 5) is 38.3. The fourth-order valence-corrected chi connectivity index (χ4v) is 2.10. The van der Waals surface area contributed by atoms with Gasteiger partial charge in [0.2, 0.25) is 0 Å². The van der Waals surface area contributed by atoms with Crippen molar-refractivity contribution in [1.82, 2.24) is 9.88 Å². The van der Waals surface area contributed by atoms with Gasteiger partial charge in [-0.2, -0.15) is 0 Å². The summed E-state index contributed by atoms with van der Waals surface area (Å²) in [6.07, 6.45) is 0.867. The van der Waals surface area contributed by atoms with Crippen LogP contribution in [0, 0.1) is 10.1 Å². The number of hydrogen-bond donors (Lipinski definition) is 1. The fraction of sp³-hybridized carbons (Fsp3) is 0.364. The molecule has 9 nitrogen and oxygen atoms in total. The van der Waals surface area contributed by atoms with E-state index in [0.717, 1.165) is 17.2 Å². The van der Waals surface area contributed by atoms with Crippen molar-refractivity contribution in [3.8, 4) is 0 Å². The van der Waals surface area contributed by atoms with E-state index in [1.165, 1.54) is 0 Å². The molecule has 1 saturated heterocycles. The lowest BCUT2D eigenvalue weighted by Gasteiger charge is -2.32. The number of hydrogen-bond acceptors (Lipinski definition) is 6. The first-order chi connectivity index (χ1) is 9.91. The smallest absolute Gasteiger partial charge is 0.328 e. The number of aromatic nitrogens is 1. The van der Waals surface area contributed by atoms with Gasteiger partial charge in [0.25, 0.3) is 11.6 Å². The number of halogens is 1. The highest BCUT2D eigenvalue weighted by molar-refractivity contribution is 6.29. The van der Waals surface area contributed by atoms with Crippen LogP contribution < -0.4 is 0 Å². The van der Waals surface area contributed by atoms with Crippen molar-refractivity contribution in [3.05, 3.63) is 33.1 Å². The van der Waals surface area contributed by atoms with Gasteiger partial charge in [0.1, 0.15) is 16.9 Å². The first kappa shape index (κ1) is 15.1. The van der Waals surface area contributed by atoms with E-state index < -0.39 is 28.5 Å². The molecule has 0 bridgehead atoms. The van der Waals surface area contributed by atoms with Crippen LogP contribution >= 0.6 is 11.6 Å². The molecule has 1 amide bonds. The number of carbonyl (C=O) groups excluding carboxylic acids is 1. The predicted octanol–water partition coefficient (Wildman–Crippen LogP) is 0.569. The molecule has 21 heavy (non-hydrogen) atoms. The fourth-order valence-electron chi connectivity index (χ4n) is 1.95. The van der Waals surface area contributed by atoms with Crippen molar-refractivity contribution >= 4 is 29.2 Å². The number of pyridine rings is 1. The van der Waals surface area contributed by atoms with Crippen molar-refractivity contribution in [1.29, 1.82) is 0 Å². The Bertz CT molecular complexity index is 608. The van der Waals surface area contributed by atoms with E-state index >= 15 is 0 Å². The lowest BCUT2D eigenvalue weighted by molar-refractivity contribution is -0.385. The number of rotatable bonds is 3. The van der Waals surface area contributed by atoms with Gasteiger partial charge < -0.3 is 14.7 Å². The molecule has 0 aliphatic carbocycles. The molecule has 2 rings (SSSR count). The molecule has 112 valence electrons. The van der Waals surface area contributed by atoms with Gasteiger partial charge in [-0.1, -0.05) is 11.6 Å². The number of nitrogens with zero attached hydrogens (tertiary/aromatic N) is 3. The molecule has 0 spiro atoms. The number of ether oxygens (including phenoxy) is 1. The predicted molar refractivity (Wildman–Crippen MR) is 69.2 cm³/mol. The van der Waals surface area contributed by atoms with Crippen molar-refractivity contribution < 1.29 is 24.4 Å². The minimum absolute atomic E-state index is 0.0207. The van der Waals surface area contributed by atoms with Crippen LogP contribution in [0.15, 0.2) is 12.3 Å². The number of nitro groups is 1. The number of morpholine rings is 1. The van der Waals surface area contributed by atoms with Crippen LogP contribution in [-0.4, -0.2) is 57.6 Å². The summed E-state index contributed by atoms with van der Waals surface area (Å²) in [6, 6.07) is -0.145. The van der Waals surface area contributed by atoms with E-state index in [9.17, 15) is 19.7 Å². The van der Waals surface area contributed by atoms with E-state index in [0.29, 0.717) is 0 Å². The Morgan fingerprint density at radius 3 is 2.90 bits per heavy atom. The molecule has 1 aromatic rings. The molecular formula is C11H10ClN3O6. The Morgan fingerprint density at radius 1 is 1.57 bits per heavy atom. The first-order valence-electron chi connectivity index (χ1n) is 5.83. The maximum atomic E-state index is 12.4. The largest absolute Gasteiger partial charge is 0.480 e. The van der Waals surface area contributed by atoms with Gasteiger partial charge in [-0.25, -0.2) is 9.78 Å². The van der Waals surface area contributed by atoms with Crippen LogP contribution in [0.3, 0.4) is 0 Å². The highest BCUT2D eigenvalue weighted by Crippen LogP contribution is 2.23. The van der Waals surface area contributed by atoms with Gasteiger partial charge in [-0.05, 0) is 6.07 Å². The number of carboxylic acids is 1. The molecule has 2 heterocycles. The molecule has 1 aromatic heterocycles. The summed E-state index contributed by atoms with van der Waals surface area (Å²) in [6.45, 7) is 0.00269. The summed E-state index contributed by atoms with van der Waals surface area (Å²) in [7, 11) is 0. The molecule has 1 unspecified atom stereocenters. The molecule has 0 aromatic carbocycles. The minimum Gasteiger partial charge on any atom is -0.480 e. The third-order valence-electron chi connectivity index (χ3n) is 2.95.